The van der Waals surface area contributed by atoms with Crippen LogP contribution in [0.2, 0.25) is 0 Å². The van der Waals surface area contributed by atoms with Gasteiger partial charge in [-0.05, 0) is 53.8 Å². The molecule has 0 radical (unpaired) electrons. The standard InChI is InChI=1S/C32H30F3N7O4S/c1-5-26(38-39-30(44)37-31-42(28(43)17-47-31)27-16-24(45-4)14-15-25(27)19(2)3)20-6-8-21(9-7-20)29-36-18-41(40-29)22-10-12-23(13-11-22)46-32(33,34)35/h6-16,18-19H,5,17H2,1-4H3,(H,39,44)/b37-31?,38-26+. The summed E-state index contributed by atoms with van der Waals surface area (Å²) in [6.45, 7) is 5.92. The molecule has 1 N–H and O–H groups in total. The van der Waals surface area contributed by atoms with Crippen LogP contribution in [0, 0.1) is 0 Å². The Kier molecular flexibility index (Phi) is 9.94. The molecule has 1 saturated heterocycles. The van der Waals surface area contributed by atoms with Gasteiger partial charge < -0.3 is 9.47 Å². The number of aliphatic imine (C=N–C) groups is 1. The Morgan fingerprint density at radius 3 is 2.40 bits per heavy atom. The number of hydrogen-bond acceptors (Lipinski definition) is 8. The van der Waals surface area contributed by atoms with Crippen molar-refractivity contribution >= 4 is 40.3 Å². The maximum atomic E-state index is 12.9. The maximum absolute atomic E-state index is 12.9. The molecule has 2 heterocycles. The van der Waals surface area contributed by atoms with Crippen LogP contribution in [0.3, 0.4) is 0 Å². The van der Waals surface area contributed by atoms with Gasteiger partial charge in [0.1, 0.15) is 17.8 Å². The number of urea groups is 1. The average molecular weight is 666 g/mol. The van der Waals surface area contributed by atoms with Gasteiger partial charge in [0.2, 0.25) is 5.91 Å². The zero-order valence-corrected chi connectivity index (χ0v) is 26.6. The number of aromatic nitrogens is 3. The van der Waals surface area contributed by atoms with Gasteiger partial charge in [-0.2, -0.15) is 10.1 Å². The summed E-state index contributed by atoms with van der Waals surface area (Å²) in [5, 5.41) is 8.95. The van der Waals surface area contributed by atoms with Crippen LogP contribution >= 0.6 is 11.8 Å². The maximum Gasteiger partial charge on any atom is 0.573 e. The number of methoxy groups -OCH3 is 1. The van der Waals surface area contributed by atoms with Gasteiger partial charge in [-0.25, -0.2) is 19.9 Å². The van der Waals surface area contributed by atoms with Crippen molar-refractivity contribution in [2.75, 3.05) is 17.8 Å². The number of amides is 3. The predicted octanol–water partition coefficient (Wildman–Crippen LogP) is 6.92. The highest BCUT2D eigenvalue weighted by atomic mass is 32.2. The number of benzene rings is 3. The third-order valence-corrected chi connectivity index (χ3v) is 7.91. The molecule has 3 aromatic carbocycles. The summed E-state index contributed by atoms with van der Waals surface area (Å²) in [5.41, 5.74) is 6.54. The van der Waals surface area contributed by atoms with Crippen molar-refractivity contribution in [3.8, 4) is 28.6 Å². The molecule has 1 aliphatic rings. The predicted molar refractivity (Wildman–Crippen MR) is 173 cm³/mol. The molecule has 1 aromatic heterocycles. The van der Waals surface area contributed by atoms with E-state index in [9.17, 15) is 22.8 Å². The van der Waals surface area contributed by atoms with E-state index >= 15 is 0 Å². The van der Waals surface area contributed by atoms with Crippen LogP contribution in [-0.2, 0) is 4.79 Å². The largest absolute Gasteiger partial charge is 0.573 e. The second-order valence-electron chi connectivity index (χ2n) is 10.5. The van der Waals surface area contributed by atoms with Gasteiger partial charge in [0, 0.05) is 11.6 Å². The van der Waals surface area contributed by atoms with Crippen LogP contribution in [0.4, 0.5) is 23.7 Å². The molecule has 0 unspecified atom stereocenters. The van der Waals surface area contributed by atoms with Crippen molar-refractivity contribution in [2.24, 2.45) is 10.1 Å². The molecule has 5 rings (SSSR count). The molecule has 0 aliphatic carbocycles. The molecule has 0 atom stereocenters. The molecule has 4 aromatic rings. The molecular weight excluding hydrogens is 635 g/mol. The number of carbonyl (C=O) groups is 2. The fourth-order valence-electron chi connectivity index (χ4n) is 4.72. The number of nitrogens with one attached hydrogen (secondary N) is 1. The molecule has 11 nitrogen and oxygen atoms in total. The van der Waals surface area contributed by atoms with E-state index in [1.165, 1.54) is 51.9 Å². The number of carbonyl (C=O) groups excluding carboxylic acids is 2. The lowest BCUT2D eigenvalue weighted by Gasteiger charge is -2.22. The van der Waals surface area contributed by atoms with Gasteiger partial charge in [0.15, 0.2) is 11.0 Å². The Labute approximate surface area is 272 Å². The number of nitrogens with zero attached hydrogens (tertiary/aromatic N) is 6. The molecule has 1 aliphatic heterocycles. The van der Waals surface area contributed by atoms with E-state index in [1.54, 1.807) is 25.3 Å². The van der Waals surface area contributed by atoms with E-state index < -0.39 is 12.4 Å². The van der Waals surface area contributed by atoms with Crippen LogP contribution in [-0.4, -0.2) is 56.8 Å². The lowest BCUT2D eigenvalue weighted by Crippen LogP contribution is -2.31. The lowest BCUT2D eigenvalue weighted by molar-refractivity contribution is -0.274. The first-order chi connectivity index (χ1) is 22.5. The van der Waals surface area contributed by atoms with E-state index in [4.69, 9.17) is 4.74 Å². The number of hydrogen-bond donors (Lipinski definition) is 1. The van der Waals surface area contributed by atoms with Crippen LogP contribution in [0.15, 0.2) is 83.2 Å². The first kappa shape index (κ1) is 33.2. The molecule has 0 spiro atoms. The van der Waals surface area contributed by atoms with Crippen molar-refractivity contribution < 1.29 is 32.2 Å². The number of ether oxygens (including phenoxy) is 2. The third kappa shape index (κ3) is 7.98. The Balaban J connectivity index is 1.28. The topological polar surface area (TPSA) is 123 Å². The molecule has 0 bridgehead atoms. The number of anilines is 1. The van der Waals surface area contributed by atoms with E-state index in [1.807, 2.05) is 45.0 Å². The zero-order valence-electron chi connectivity index (χ0n) is 25.8. The van der Waals surface area contributed by atoms with Crippen LogP contribution in [0.5, 0.6) is 11.5 Å². The molecule has 1 fully saturated rings. The number of halogens is 3. The number of alkyl halides is 3. The second-order valence-corrected chi connectivity index (χ2v) is 11.4. The molecule has 47 heavy (non-hydrogen) atoms. The minimum atomic E-state index is -4.77. The van der Waals surface area contributed by atoms with Crippen LogP contribution in [0.1, 0.15) is 44.2 Å². The lowest BCUT2D eigenvalue weighted by atomic mass is 10.00. The van der Waals surface area contributed by atoms with E-state index in [2.05, 4.69) is 30.3 Å². The molecule has 15 heteroatoms. The Bertz CT molecular complexity index is 1820. The van der Waals surface area contributed by atoms with E-state index in [-0.39, 0.29) is 28.5 Å². The summed E-state index contributed by atoms with van der Waals surface area (Å²) in [6, 6.07) is 17.2. The van der Waals surface area contributed by atoms with Gasteiger partial charge in [-0.15, -0.1) is 18.3 Å². The number of thioether (sulfide) groups is 1. The summed E-state index contributed by atoms with van der Waals surface area (Å²) in [7, 11) is 1.55. The van der Waals surface area contributed by atoms with Crippen molar-refractivity contribution in [2.45, 2.75) is 39.5 Å². The normalized spacial score (nSPS) is 14.6. The van der Waals surface area contributed by atoms with E-state index in [0.717, 1.165) is 11.1 Å². The molecular formula is C32H30F3N7O4S. The van der Waals surface area contributed by atoms with Gasteiger partial charge in [-0.1, -0.05) is 62.9 Å². The monoisotopic (exact) mass is 665 g/mol. The number of amidine groups is 1. The molecule has 0 saturated carbocycles. The first-order valence-corrected chi connectivity index (χ1v) is 15.4. The molecule has 3 amide bonds. The highest BCUT2D eigenvalue weighted by Crippen LogP contribution is 2.36. The fraction of sp³-hybridized carbons (Fsp3) is 0.250. The van der Waals surface area contributed by atoms with Gasteiger partial charge in [0.05, 0.1) is 29.9 Å². The van der Waals surface area contributed by atoms with Crippen molar-refractivity contribution in [3.05, 3.63) is 84.2 Å². The summed E-state index contributed by atoms with van der Waals surface area (Å²) in [6.07, 6.45) is -2.82. The Morgan fingerprint density at radius 1 is 1.06 bits per heavy atom. The fourth-order valence-corrected chi connectivity index (χ4v) is 5.58. The minimum absolute atomic E-state index is 0.112. The zero-order chi connectivity index (χ0) is 33.7. The van der Waals surface area contributed by atoms with E-state index in [0.29, 0.717) is 40.6 Å². The summed E-state index contributed by atoms with van der Waals surface area (Å²) >= 11 is 1.17. The number of hydrazone groups is 1. The quantitative estimate of drug-likeness (QED) is 0.152. The van der Waals surface area contributed by atoms with Crippen molar-refractivity contribution in [1.29, 1.82) is 0 Å². The average Bonchev–Trinajstić information content (AvgIpc) is 3.68. The van der Waals surface area contributed by atoms with Crippen molar-refractivity contribution in [1.82, 2.24) is 20.2 Å². The minimum Gasteiger partial charge on any atom is -0.497 e. The van der Waals surface area contributed by atoms with Crippen LogP contribution in [0.25, 0.3) is 17.1 Å². The van der Waals surface area contributed by atoms with Gasteiger partial charge in [-0.3, -0.25) is 9.69 Å². The summed E-state index contributed by atoms with van der Waals surface area (Å²) in [4.78, 5) is 35.6. The first-order valence-electron chi connectivity index (χ1n) is 14.4. The molecule has 244 valence electrons. The van der Waals surface area contributed by atoms with Crippen molar-refractivity contribution in [3.63, 3.8) is 0 Å². The van der Waals surface area contributed by atoms with Gasteiger partial charge >= 0.3 is 12.4 Å². The second kappa shape index (κ2) is 14.1. The SMILES string of the molecule is CC/C(=N\NC(=O)N=C1SCC(=O)N1c1cc(OC)ccc1C(C)C)c1ccc(-c2ncn(-c3ccc(OC(F)(F)F)cc3)n2)cc1. The summed E-state index contributed by atoms with van der Waals surface area (Å²) in [5.74, 6) is 0.711. The smallest absolute Gasteiger partial charge is 0.497 e. The Morgan fingerprint density at radius 2 is 1.77 bits per heavy atom. The van der Waals surface area contributed by atoms with Crippen LogP contribution < -0.4 is 19.8 Å². The summed E-state index contributed by atoms with van der Waals surface area (Å²) < 4.78 is 48.0. The third-order valence-electron chi connectivity index (χ3n) is 6.99. The van der Waals surface area contributed by atoms with Gasteiger partial charge in [0.25, 0.3) is 0 Å². The highest BCUT2D eigenvalue weighted by Gasteiger charge is 2.33. The highest BCUT2D eigenvalue weighted by molar-refractivity contribution is 8.15. The Hall–Kier alpha value is -5.18. The number of rotatable bonds is 9.